The lowest BCUT2D eigenvalue weighted by atomic mass is 10.1. The van der Waals surface area contributed by atoms with Gasteiger partial charge >= 0.3 is 6.03 Å². The molecule has 0 spiro atoms. The number of nitrogens with one attached hydrogen (secondary N) is 2. The normalized spacial score (nSPS) is 23.2. The van der Waals surface area contributed by atoms with E-state index in [9.17, 15) is 13.2 Å². The van der Waals surface area contributed by atoms with Gasteiger partial charge in [0.05, 0.1) is 10.7 Å². The first kappa shape index (κ1) is 19.3. The molecule has 154 valence electrons. The summed E-state index contributed by atoms with van der Waals surface area (Å²) in [5, 5.41) is 7.95. The Balaban J connectivity index is 1.22. The van der Waals surface area contributed by atoms with Gasteiger partial charge in [-0.25, -0.2) is 13.2 Å². The number of piperidine rings is 1. The van der Waals surface area contributed by atoms with E-state index in [1.165, 1.54) is 10.4 Å². The summed E-state index contributed by atoms with van der Waals surface area (Å²) in [6.07, 6.45) is 3.43. The molecule has 2 unspecified atom stereocenters. The zero-order chi connectivity index (χ0) is 20.9. The SMILES string of the molecule is O=C(Nc1cccc2cnccc12)NC1C2CN(S(=O)(=O)c3ccccc3Cl)CC21. The molecule has 5 rings (SSSR count). The van der Waals surface area contributed by atoms with E-state index in [1.54, 1.807) is 30.6 Å². The van der Waals surface area contributed by atoms with Crippen molar-refractivity contribution in [3.05, 3.63) is 65.9 Å². The van der Waals surface area contributed by atoms with Gasteiger partial charge in [0.15, 0.2) is 0 Å². The molecular weight excluding hydrogens is 424 g/mol. The molecule has 1 aliphatic carbocycles. The highest BCUT2D eigenvalue weighted by Gasteiger charge is 2.58. The van der Waals surface area contributed by atoms with Crippen LogP contribution in [0.2, 0.25) is 5.02 Å². The zero-order valence-electron chi connectivity index (χ0n) is 15.8. The molecule has 2 heterocycles. The second kappa shape index (κ2) is 7.23. The third-order valence-electron chi connectivity index (χ3n) is 5.84. The van der Waals surface area contributed by atoms with Crippen molar-refractivity contribution in [1.82, 2.24) is 14.6 Å². The van der Waals surface area contributed by atoms with E-state index >= 15 is 0 Å². The summed E-state index contributed by atoms with van der Waals surface area (Å²) >= 11 is 6.08. The first-order chi connectivity index (χ1) is 14.4. The Bertz CT molecular complexity index is 1230. The number of amides is 2. The Hall–Kier alpha value is -2.68. The lowest BCUT2D eigenvalue weighted by molar-refractivity contribution is 0.250. The summed E-state index contributed by atoms with van der Waals surface area (Å²) in [5.41, 5.74) is 0.709. The van der Waals surface area contributed by atoms with E-state index in [0.29, 0.717) is 18.8 Å². The minimum Gasteiger partial charge on any atom is -0.334 e. The molecule has 3 aromatic rings. The second-order valence-corrected chi connectivity index (χ2v) is 9.92. The summed E-state index contributed by atoms with van der Waals surface area (Å²) in [7, 11) is -3.63. The number of carbonyl (C=O) groups is 1. The molecule has 2 fully saturated rings. The van der Waals surface area contributed by atoms with Crippen LogP contribution in [0.1, 0.15) is 0 Å². The number of halogens is 1. The number of benzene rings is 2. The Morgan fingerprint density at radius 1 is 1.07 bits per heavy atom. The molecule has 2 aliphatic rings. The highest BCUT2D eigenvalue weighted by molar-refractivity contribution is 7.89. The number of rotatable bonds is 4. The molecule has 0 radical (unpaired) electrons. The maximum atomic E-state index is 12.9. The van der Waals surface area contributed by atoms with Crippen molar-refractivity contribution >= 4 is 44.1 Å². The number of pyridine rings is 1. The molecule has 2 aromatic carbocycles. The number of hydrogen-bond acceptors (Lipinski definition) is 4. The molecule has 2 atom stereocenters. The van der Waals surface area contributed by atoms with Gasteiger partial charge in [0, 0.05) is 42.3 Å². The Morgan fingerprint density at radius 3 is 2.60 bits per heavy atom. The molecule has 1 aromatic heterocycles. The van der Waals surface area contributed by atoms with E-state index < -0.39 is 10.0 Å². The lowest BCUT2D eigenvalue weighted by Gasteiger charge is -2.20. The lowest BCUT2D eigenvalue weighted by Crippen LogP contribution is -2.39. The monoisotopic (exact) mass is 442 g/mol. The minimum atomic E-state index is -3.63. The van der Waals surface area contributed by atoms with E-state index in [-0.39, 0.29) is 33.8 Å². The van der Waals surface area contributed by atoms with Crippen molar-refractivity contribution in [2.75, 3.05) is 18.4 Å². The summed E-state index contributed by atoms with van der Waals surface area (Å²) in [6.45, 7) is 0.756. The van der Waals surface area contributed by atoms with Gasteiger partial charge in [-0.3, -0.25) is 4.98 Å². The van der Waals surface area contributed by atoms with Gasteiger partial charge in [-0.15, -0.1) is 0 Å². The van der Waals surface area contributed by atoms with Crippen molar-refractivity contribution in [3.63, 3.8) is 0 Å². The average molecular weight is 443 g/mol. The molecule has 1 saturated carbocycles. The van der Waals surface area contributed by atoms with Crippen LogP contribution in [0.4, 0.5) is 10.5 Å². The van der Waals surface area contributed by atoms with Gasteiger partial charge < -0.3 is 10.6 Å². The number of sulfonamides is 1. The molecular formula is C21H19ClN4O3S. The second-order valence-electron chi connectivity index (χ2n) is 7.61. The number of anilines is 1. The number of aromatic nitrogens is 1. The standard InChI is InChI=1S/C21H19ClN4O3S/c22-17-5-1-2-7-19(17)30(28,29)26-11-15-16(12-26)20(15)25-21(27)24-18-6-3-4-13-10-23-9-8-14(13)18/h1-10,15-16,20H,11-12H2,(H2,24,25,27). The molecule has 30 heavy (non-hydrogen) atoms. The van der Waals surface area contributed by atoms with Crippen LogP contribution in [0.15, 0.2) is 65.8 Å². The number of urea groups is 1. The van der Waals surface area contributed by atoms with Gasteiger partial charge in [-0.1, -0.05) is 35.9 Å². The number of nitrogens with zero attached hydrogens (tertiary/aromatic N) is 2. The van der Waals surface area contributed by atoms with Crippen molar-refractivity contribution in [2.45, 2.75) is 10.9 Å². The average Bonchev–Trinajstić information content (AvgIpc) is 3.16. The summed E-state index contributed by atoms with van der Waals surface area (Å²) in [6, 6.07) is 13.6. The molecule has 0 bridgehead atoms. The van der Waals surface area contributed by atoms with Crippen LogP contribution in [0.5, 0.6) is 0 Å². The van der Waals surface area contributed by atoms with Crippen LogP contribution in [0.3, 0.4) is 0 Å². The van der Waals surface area contributed by atoms with Gasteiger partial charge in [-0.05, 0) is 36.1 Å². The van der Waals surface area contributed by atoms with Gasteiger partial charge in [0.25, 0.3) is 0 Å². The predicted octanol–water partition coefficient (Wildman–Crippen LogP) is 3.33. The third-order valence-corrected chi connectivity index (χ3v) is 8.17. The molecule has 1 aliphatic heterocycles. The molecule has 2 amide bonds. The fourth-order valence-electron chi connectivity index (χ4n) is 4.23. The van der Waals surface area contributed by atoms with E-state index in [2.05, 4.69) is 15.6 Å². The van der Waals surface area contributed by atoms with E-state index in [4.69, 9.17) is 11.6 Å². The maximum Gasteiger partial charge on any atom is 0.319 e. The largest absolute Gasteiger partial charge is 0.334 e. The Kier molecular flexibility index (Phi) is 4.65. The first-order valence-electron chi connectivity index (χ1n) is 9.60. The quantitative estimate of drug-likeness (QED) is 0.648. The number of hydrogen-bond donors (Lipinski definition) is 2. The predicted molar refractivity (Wildman–Crippen MR) is 115 cm³/mol. The third kappa shape index (κ3) is 3.30. The van der Waals surface area contributed by atoms with Crippen LogP contribution in [0, 0.1) is 11.8 Å². The van der Waals surface area contributed by atoms with Crippen molar-refractivity contribution in [1.29, 1.82) is 0 Å². The van der Waals surface area contributed by atoms with Crippen LogP contribution in [-0.4, -0.2) is 42.9 Å². The molecule has 1 saturated heterocycles. The smallest absolute Gasteiger partial charge is 0.319 e. The van der Waals surface area contributed by atoms with E-state index in [1.807, 2.05) is 24.3 Å². The van der Waals surface area contributed by atoms with Gasteiger partial charge in [0.1, 0.15) is 4.90 Å². The zero-order valence-corrected chi connectivity index (χ0v) is 17.4. The molecule has 7 nitrogen and oxygen atoms in total. The highest BCUT2D eigenvalue weighted by Crippen LogP contribution is 2.47. The van der Waals surface area contributed by atoms with Crippen molar-refractivity contribution < 1.29 is 13.2 Å². The fourth-order valence-corrected chi connectivity index (χ4v) is 6.24. The number of fused-ring (bicyclic) bond motifs is 2. The van der Waals surface area contributed by atoms with Crippen LogP contribution in [-0.2, 0) is 10.0 Å². The summed E-state index contributed by atoms with van der Waals surface area (Å²) in [4.78, 5) is 16.7. The van der Waals surface area contributed by atoms with Crippen LogP contribution in [0.25, 0.3) is 10.8 Å². The topological polar surface area (TPSA) is 91.4 Å². The van der Waals surface area contributed by atoms with Gasteiger partial charge in [-0.2, -0.15) is 4.31 Å². The summed E-state index contributed by atoms with van der Waals surface area (Å²) < 4.78 is 27.2. The van der Waals surface area contributed by atoms with Crippen LogP contribution < -0.4 is 10.6 Å². The Labute approximate surface area is 179 Å². The fraction of sp³-hybridized carbons (Fsp3) is 0.238. The highest BCUT2D eigenvalue weighted by atomic mass is 35.5. The maximum absolute atomic E-state index is 12.9. The Morgan fingerprint density at radius 2 is 1.83 bits per heavy atom. The van der Waals surface area contributed by atoms with Crippen molar-refractivity contribution in [3.8, 4) is 0 Å². The molecule has 2 N–H and O–H groups in total. The number of carbonyl (C=O) groups excluding carboxylic acids is 1. The first-order valence-corrected chi connectivity index (χ1v) is 11.4. The minimum absolute atomic E-state index is 0.0284. The van der Waals surface area contributed by atoms with Crippen molar-refractivity contribution in [2.24, 2.45) is 11.8 Å². The van der Waals surface area contributed by atoms with E-state index in [0.717, 1.165) is 10.8 Å². The molecule has 9 heteroatoms. The van der Waals surface area contributed by atoms with Crippen LogP contribution >= 0.6 is 11.6 Å². The summed E-state index contributed by atoms with van der Waals surface area (Å²) in [5.74, 6) is 0.231. The van der Waals surface area contributed by atoms with Gasteiger partial charge in [0.2, 0.25) is 10.0 Å².